The van der Waals surface area contributed by atoms with Crippen LogP contribution in [0.2, 0.25) is 0 Å². The Morgan fingerprint density at radius 2 is 1.58 bits per heavy atom. The molecule has 1 amide bonds. The molecule has 1 N–H and O–H groups in total. The molecule has 4 rings (SSSR count). The van der Waals surface area contributed by atoms with E-state index in [1.807, 2.05) is 72.8 Å². The lowest BCUT2D eigenvalue weighted by atomic mass is 10.0. The summed E-state index contributed by atoms with van der Waals surface area (Å²) in [6, 6.07) is 25.8. The van der Waals surface area contributed by atoms with Crippen molar-refractivity contribution in [1.82, 2.24) is 4.98 Å². The van der Waals surface area contributed by atoms with Crippen LogP contribution in [0.5, 0.6) is 0 Å². The molecule has 0 spiro atoms. The highest BCUT2D eigenvalue weighted by atomic mass is 16.1. The van der Waals surface area contributed by atoms with Gasteiger partial charge in [0, 0.05) is 35.4 Å². The molecular weight excluding hydrogens is 382 g/mol. The molecular formula is C27H27N3O. The Kier molecular flexibility index (Phi) is 5.99. The van der Waals surface area contributed by atoms with Crippen LogP contribution in [0.15, 0.2) is 78.9 Å². The smallest absolute Gasteiger partial charge is 0.256 e. The third kappa shape index (κ3) is 4.29. The average molecular weight is 410 g/mol. The summed E-state index contributed by atoms with van der Waals surface area (Å²) in [6.45, 7) is 8.24. The first-order chi connectivity index (χ1) is 15.1. The number of carbonyl (C=O) groups is 1. The minimum absolute atomic E-state index is 0.135. The number of rotatable bonds is 6. The molecule has 0 bridgehead atoms. The van der Waals surface area contributed by atoms with E-state index in [0.29, 0.717) is 5.56 Å². The second-order valence-corrected chi connectivity index (χ2v) is 7.56. The second kappa shape index (κ2) is 9.00. The van der Waals surface area contributed by atoms with Gasteiger partial charge in [0.1, 0.15) is 0 Å². The molecule has 31 heavy (non-hydrogen) atoms. The van der Waals surface area contributed by atoms with E-state index in [1.54, 1.807) is 0 Å². The molecule has 156 valence electrons. The van der Waals surface area contributed by atoms with Gasteiger partial charge in [0.15, 0.2) is 0 Å². The molecule has 0 atom stereocenters. The number of nitrogens with one attached hydrogen (secondary N) is 1. The van der Waals surface area contributed by atoms with Crippen molar-refractivity contribution in [3.05, 3.63) is 90.0 Å². The number of fused-ring (bicyclic) bond motifs is 1. The summed E-state index contributed by atoms with van der Waals surface area (Å²) in [7, 11) is 0. The van der Waals surface area contributed by atoms with Crippen LogP contribution in [0.4, 0.5) is 11.4 Å². The van der Waals surface area contributed by atoms with E-state index >= 15 is 0 Å². The van der Waals surface area contributed by atoms with Gasteiger partial charge in [-0.15, -0.1) is 0 Å². The highest BCUT2D eigenvalue weighted by molar-refractivity contribution is 6.13. The molecule has 0 saturated carbocycles. The van der Waals surface area contributed by atoms with Crippen molar-refractivity contribution in [1.29, 1.82) is 0 Å². The predicted molar refractivity (Wildman–Crippen MR) is 130 cm³/mol. The highest BCUT2D eigenvalue weighted by Crippen LogP contribution is 2.28. The quantitative estimate of drug-likeness (QED) is 0.406. The van der Waals surface area contributed by atoms with E-state index in [9.17, 15) is 4.79 Å². The van der Waals surface area contributed by atoms with Gasteiger partial charge >= 0.3 is 0 Å². The molecule has 0 aliphatic rings. The molecule has 0 fully saturated rings. The summed E-state index contributed by atoms with van der Waals surface area (Å²) >= 11 is 0. The van der Waals surface area contributed by atoms with Gasteiger partial charge in [-0.2, -0.15) is 0 Å². The standard InChI is InChI=1S/C27H27N3O/c1-4-30(5-2)21-16-14-20(15-17-21)28-27(31)24-18-26(22-11-7-6-10-19(22)3)29-25-13-9-8-12-23(24)25/h6-18H,4-5H2,1-3H3,(H,28,31). The number of hydrogen-bond acceptors (Lipinski definition) is 3. The maximum atomic E-state index is 13.3. The largest absolute Gasteiger partial charge is 0.372 e. The van der Waals surface area contributed by atoms with Gasteiger partial charge in [-0.05, 0) is 62.7 Å². The van der Waals surface area contributed by atoms with Crippen LogP contribution in [0, 0.1) is 6.92 Å². The Hall–Kier alpha value is -3.66. The van der Waals surface area contributed by atoms with E-state index in [0.717, 1.165) is 52.2 Å². The first kappa shape index (κ1) is 20.6. The summed E-state index contributed by atoms with van der Waals surface area (Å²) in [5.74, 6) is -0.135. The van der Waals surface area contributed by atoms with E-state index in [2.05, 4.69) is 37.1 Å². The summed E-state index contributed by atoms with van der Waals surface area (Å²) in [6.07, 6.45) is 0. The number of benzene rings is 3. The van der Waals surface area contributed by atoms with Gasteiger partial charge in [0.25, 0.3) is 5.91 Å². The first-order valence-corrected chi connectivity index (χ1v) is 10.7. The number of aromatic nitrogens is 1. The van der Waals surface area contributed by atoms with Crippen molar-refractivity contribution < 1.29 is 4.79 Å². The summed E-state index contributed by atoms with van der Waals surface area (Å²) in [4.78, 5) is 20.4. The lowest BCUT2D eigenvalue weighted by Gasteiger charge is -2.21. The zero-order chi connectivity index (χ0) is 21.8. The third-order valence-corrected chi connectivity index (χ3v) is 5.64. The molecule has 1 aromatic heterocycles. The van der Waals surface area contributed by atoms with Crippen LogP contribution in [0.25, 0.3) is 22.2 Å². The van der Waals surface area contributed by atoms with Gasteiger partial charge in [0.2, 0.25) is 0 Å². The second-order valence-electron chi connectivity index (χ2n) is 7.56. The molecule has 0 unspecified atom stereocenters. The molecule has 0 saturated heterocycles. The lowest BCUT2D eigenvalue weighted by molar-refractivity contribution is 0.102. The number of pyridine rings is 1. The zero-order valence-electron chi connectivity index (χ0n) is 18.2. The van der Waals surface area contributed by atoms with E-state index in [-0.39, 0.29) is 5.91 Å². The number of amides is 1. The fourth-order valence-corrected chi connectivity index (χ4v) is 3.90. The minimum atomic E-state index is -0.135. The van der Waals surface area contributed by atoms with Gasteiger partial charge < -0.3 is 10.2 Å². The Labute approximate surface area is 183 Å². The van der Waals surface area contributed by atoms with Crippen molar-refractivity contribution in [3.63, 3.8) is 0 Å². The number of anilines is 2. The maximum Gasteiger partial charge on any atom is 0.256 e. The predicted octanol–water partition coefficient (Wildman–Crippen LogP) is 6.31. The average Bonchev–Trinajstić information content (AvgIpc) is 2.80. The van der Waals surface area contributed by atoms with Crippen molar-refractivity contribution in [2.24, 2.45) is 0 Å². The topological polar surface area (TPSA) is 45.2 Å². The molecule has 0 aliphatic carbocycles. The number of para-hydroxylation sites is 1. The van der Waals surface area contributed by atoms with E-state index in [1.165, 1.54) is 0 Å². The molecule has 3 aromatic carbocycles. The molecule has 0 aliphatic heterocycles. The van der Waals surface area contributed by atoms with Gasteiger partial charge in [-0.25, -0.2) is 4.98 Å². The van der Waals surface area contributed by atoms with E-state index < -0.39 is 0 Å². The van der Waals surface area contributed by atoms with Crippen molar-refractivity contribution >= 4 is 28.2 Å². The summed E-state index contributed by atoms with van der Waals surface area (Å²) < 4.78 is 0. The Morgan fingerprint density at radius 1 is 0.903 bits per heavy atom. The molecule has 1 heterocycles. The van der Waals surface area contributed by atoms with Crippen molar-refractivity contribution in [3.8, 4) is 11.3 Å². The van der Waals surface area contributed by atoms with Gasteiger partial charge in [-0.1, -0.05) is 42.5 Å². The Bertz CT molecular complexity index is 1210. The summed E-state index contributed by atoms with van der Waals surface area (Å²) in [5, 5.41) is 3.91. The molecule has 4 aromatic rings. The highest BCUT2D eigenvalue weighted by Gasteiger charge is 2.15. The van der Waals surface area contributed by atoms with Gasteiger partial charge in [0.05, 0.1) is 16.8 Å². The lowest BCUT2D eigenvalue weighted by Crippen LogP contribution is -2.21. The monoisotopic (exact) mass is 409 g/mol. The van der Waals surface area contributed by atoms with Crippen molar-refractivity contribution in [2.45, 2.75) is 20.8 Å². The normalized spacial score (nSPS) is 10.8. The van der Waals surface area contributed by atoms with Crippen LogP contribution >= 0.6 is 0 Å². The molecule has 4 heteroatoms. The molecule has 4 nitrogen and oxygen atoms in total. The fourth-order valence-electron chi connectivity index (χ4n) is 3.90. The van der Waals surface area contributed by atoms with Crippen LogP contribution < -0.4 is 10.2 Å². The van der Waals surface area contributed by atoms with Crippen LogP contribution in [-0.2, 0) is 0 Å². The van der Waals surface area contributed by atoms with Crippen molar-refractivity contribution in [2.75, 3.05) is 23.3 Å². The zero-order valence-corrected chi connectivity index (χ0v) is 18.2. The van der Waals surface area contributed by atoms with Crippen LogP contribution in [0.3, 0.4) is 0 Å². The van der Waals surface area contributed by atoms with Gasteiger partial charge in [-0.3, -0.25) is 4.79 Å². The number of aryl methyl sites for hydroxylation is 1. The Balaban J connectivity index is 1.70. The summed E-state index contributed by atoms with van der Waals surface area (Å²) in [5.41, 5.74) is 6.33. The van der Waals surface area contributed by atoms with Crippen LogP contribution in [0.1, 0.15) is 29.8 Å². The first-order valence-electron chi connectivity index (χ1n) is 10.7. The fraction of sp³-hybridized carbons (Fsp3) is 0.185. The third-order valence-electron chi connectivity index (χ3n) is 5.64. The van der Waals surface area contributed by atoms with Crippen LogP contribution in [-0.4, -0.2) is 24.0 Å². The maximum absolute atomic E-state index is 13.3. The SMILES string of the molecule is CCN(CC)c1ccc(NC(=O)c2cc(-c3ccccc3C)nc3ccccc23)cc1. The molecule has 0 radical (unpaired) electrons. The van der Waals surface area contributed by atoms with E-state index in [4.69, 9.17) is 4.98 Å². The Morgan fingerprint density at radius 3 is 2.29 bits per heavy atom. The number of carbonyl (C=O) groups excluding carboxylic acids is 1. The number of nitrogens with zero attached hydrogens (tertiary/aromatic N) is 2. The minimum Gasteiger partial charge on any atom is -0.372 e. The number of hydrogen-bond donors (Lipinski definition) is 1.